The fourth-order valence-corrected chi connectivity index (χ4v) is 2.64. The maximum atomic E-state index is 12.4. The Morgan fingerprint density at radius 3 is 2.42 bits per heavy atom. The predicted octanol–water partition coefficient (Wildman–Crippen LogP) is 3.84. The number of hydrogen-bond acceptors (Lipinski definition) is 3. The van der Waals surface area contributed by atoms with Gasteiger partial charge in [0.2, 0.25) is 0 Å². The largest absolute Gasteiger partial charge is 0.493 e. The summed E-state index contributed by atoms with van der Waals surface area (Å²) in [5.41, 5.74) is 1.60. The molecular formula is C19H22N2O2S. The van der Waals surface area contributed by atoms with Crippen LogP contribution in [0.2, 0.25) is 0 Å². The summed E-state index contributed by atoms with van der Waals surface area (Å²) in [6.07, 6.45) is 0.857. The van der Waals surface area contributed by atoms with Crippen LogP contribution in [0.3, 0.4) is 0 Å². The molecule has 1 amide bonds. The van der Waals surface area contributed by atoms with Crippen LogP contribution in [0.1, 0.15) is 42.2 Å². The molecule has 24 heavy (non-hydrogen) atoms. The average Bonchev–Trinajstić information content (AvgIpc) is 2.61. The molecule has 0 aromatic heterocycles. The summed E-state index contributed by atoms with van der Waals surface area (Å²) < 4.78 is 5.49. The molecule has 2 aromatic rings. The molecule has 0 aliphatic heterocycles. The van der Waals surface area contributed by atoms with Crippen LogP contribution in [-0.2, 0) is 0 Å². The standard InChI is InChI=1S/C19H22N2O2S/c1-3-16(14-10-6-5-7-11-14)20-19(24)21-18(22)15-12-8-9-13-17(15)23-4-2/h5-13,16H,3-4H2,1-2H3,(H2,20,21,22,24). The van der Waals surface area contributed by atoms with Crippen molar-refractivity contribution in [3.05, 3.63) is 65.7 Å². The van der Waals surface area contributed by atoms with Gasteiger partial charge in [0.05, 0.1) is 18.2 Å². The van der Waals surface area contributed by atoms with Crippen LogP contribution in [0, 0.1) is 0 Å². The first-order chi connectivity index (χ1) is 11.7. The first kappa shape index (κ1) is 17.9. The Morgan fingerprint density at radius 1 is 1.08 bits per heavy atom. The first-order valence-electron chi connectivity index (χ1n) is 8.04. The van der Waals surface area contributed by atoms with Crippen molar-refractivity contribution in [2.45, 2.75) is 26.3 Å². The fraction of sp³-hybridized carbons (Fsp3) is 0.263. The van der Waals surface area contributed by atoms with Crippen molar-refractivity contribution in [2.75, 3.05) is 6.61 Å². The van der Waals surface area contributed by atoms with Gasteiger partial charge in [0.15, 0.2) is 5.11 Å². The molecule has 0 saturated carbocycles. The lowest BCUT2D eigenvalue weighted by atomic mass is 10.1. The van der Waals surface area contributed by atoms with Crippen LogP contribution in [0.25, 0.3) is 0 Å². The molecule has 0 radical (unpaired) electrons. The summed E-state index contributed by atoms with van der Waals surface area (Å²) >= 11 is 5.30. The van der Waals surface area contributed by atoms with E-state index in [1.165, 1.54) is 0 Å². The number of carbonyl (C=O) groups is 1. The summed E-state index contributed by atoms with van der Waals surface area (Å²) in [7, 11) is 0. The molecule has 2 rings (SSSR count). The minimum absolute atomic E-state index is 0.0566. The second kappa shape index (κ2) is 9.03. The quantitative estimate of drug-likeness (QED) is 0.783. The van der Waals surface area contributed by atoms with Crippen molar-refractivity contribution in [1.82, 2.24) is 10.6 Å². The van der Waals surface area contributed by atoms with Crippen molar-refractivity contribution < 1.29 is 9.53 Å². The molecule has 5 heteroatoms. The molecule has 0 spiro atoms. The number of nitrogens with one attached hydrogen (secondary N) is 2. The van der Waals surface area contributed by atoms with E-state index in [0.29, 0.717) is 23.0 Å². The number of rotatable bonds is 6. The molecule has 0 aliphatic rings. The van der Waals surface area contributed by atoms with Gasteiger partial charge in [-0.25, -0.2) is 0 Å². The zero-order valence-electron chi connectivity index (χ0n) is 13.9. The van der Waals surface area contributed by atoms with Gasteiger partial charge in [-0.15, -0.1) is 0 Å². The molecular weight excluding hydrogens is 320 g/mol. The summed E-state index contributed by atoms with van der Waals surface area (Å²) in [6.45, 7) is 4.45. The molecule has 0 heterocycles. The van der Waals surface area contributed by atoms with Gasteiger partial charge >= 0.3 is 0 Å². The molecule has 0 fully saturated rings. The van der Waals surface area contributed by atoms with Crippen LogP contribution in [-0.4, -0.2) is 17.6 Å². The highest BCUT2D eigenvalue weighted by molar-refractivity contribution is 7.80. The summed E-state index contributed by atoms with van der Waals surface area (Å²) in [5.74, 6) is 0.273. The molecule has 4 nitrogen and oxygen atoms in total. The molecule has 2 N–H and O–H groups in total. The number of amides is 1. The van der Waals surface area contributed by atoms with E-state index in [9.17, 15) is 4.79 Å². The van der Waals surface area contributed by atoms with Crippen molar-refractivity contribution in [1.29, 1.82) is 0 Å². The summed E-state index contributed by atoms with van der Waals surface area (Å²) in [5, 5.41) is 6.23. The third kappa shape index (κ3) is 4.80. The van der Waals surface area contributed by atoms with Gasteiger partial charge in [-0.3, -0.25) is 10.1 Å². The maximum Gasteiger partial charge on any atom is 0.261 e. The van der Waals surface area contributed by atoms with Crippen molar-refractivity contribution in [3.8, 4) is 5.75 Å². The van der Waals surface area contributed by atoms with Crippen LogP contribution in [0.5, 0.6) is 5.75 Å². The fourth-order valence-electron chi connectivity index (χ4n) is 2.41. The van der Waals surface area contributed by atoms with E-state index in [2.05, 4.69) is 17.6 Å². The molecule has 126 valence electrons. The minimum Gasteiger partial charge on any atom is -0.493 e. The Hall–Kier alpha value is -2.40. The van der Waals surface area contributed by atoms with Gasteiger partial charge in [0.25, 0.3) is 5.91 Å². The zero-order chi connectivity index (χ0) is 17.4. The van der Waals surface area contributed by atoms with E-state index in [4.69, 9.17) is 17.0 Å². The van der Waals surface area contributed by atoms with E-state index in [1.807, 2.05) is 43.3 Å². The van der Waals surface area contributed by atoms with Gasteiger partial charge in [-0.05, 0) is 43.3 Å². The van der Waals surface area contributed by atoms with Gasteiger partial charge in [-0.1, -0.05) is 49.4 Å². The highest BCUT2D eigenvalue weighted by Crippen LogP contribution is 2.18. The second-order valence-corrected chi connectivity index (χ2v) is 5.64. The molecule has 1 atom stereocenters. The van der Waals surface area contributed by atoms with Gasteiger partial charge < -0.3 is 10.1 Å². The van der Waals surface area contributed by atoms with Gasteiger partial charge in [0.1, 0.15) is 5.75 Å². The van der Waals surface area contributed by atoms with Gasteiger partial charge in [-0.2, -0.15) is 0 Å². The van der Waals surface area contributed by atoms with Gasteiger partial charge in [0, 0.05) is 0 Å². The average molecular weight is 342 g/mol. The van der Waals surface area contributed by atoms with Crippen LogP contribution < -0.4 is 15.4 Å². The Morgan fingerprint density at radius 2 is 1.75 bits per heavy atom. The summed E-state index contributed by atoms with van der Waals surface area (Å²) in [4.78, 5) is 12.4. The van der Waals surface area contributed by atoms with Crippen molar-refractivity contribution in [2.24, 2.45) is 0 Å². The van der Waals surface area contributed by atoms with Crippen LogP contribution in [0.15, 0.2) is 54.6 Å². The number of para-hydroxylation sites is 1. The van der Waals surface area contributed by atoms with E-state index < -0.39 is 0 Å². The lowest BCUT2D eigenvalue weighted by molar-refractivity contribution is 0.0972. The highest BCUT2D eigenvalue weighted by Gasteiger charge is 2.15. The van der Waals surface area contributed by atoms with E-state index >= 15 is 0 Å². The zero-order valence-corrected chi connectivity index (χ0v) is 14.7. The number of benzene rings is 2. The van der Waals surface area contributed by atoms with E-state index in [1.54, 1.807) is 18.2 Å². The highest BCUT2D eigenvalue weighted by atomic mass is 32.1. The number of thiocarbonyl (C=S) groups is 1. The minimum atomic E-state index is -0.278. The third-order valence-corrected chi connectivity index (χ3v) is 3.79. The number of hydrogen-bond donors (Lipinski definition) is 2. The third-order valence-electron chi connectivity index (χ3n) is 3.57. The maximum absolute atomic E-state index is 12.4. The van der Waals surface area contributed by atoms with Crippen molar-refractivity contribution in [3.63, 3.8) is 0 Å². The van der Waals surface area contributed by atoms with E-state index in [0.717, 1.165) is 12.0 Å². The Balaban J connectivity index is 2.03. The molecule has 1 unspecified atom stereocenters. The lowest BCUT2D eigenvalue weighted by Crippen LogP contribution is -2.41. The first-order valence-corrected chi connectivity index (χ1v) is 8.45. The SMILES string of the molecule is CCOc1ccccc1C(=O)NC(=S)NC(CC)c1ccccc1. The smallest absolute Gasteiger partial charge is 0.261 e. The Labute approximate surface area is 148 Å². The normalized spacial score (nSPS) is 11.4. The second-order valence-electron chi connectivity index (χ2n) is 5.23. The van der Waals surface area contributed by atoms with E-state index in [-0.39, 0.29) is 11.9 Å². The monoisotopic (exact) mass is 342 g/mol. The Bertz CT molecular complexity index is 689. The molecule has 2 aromatic carbocycles. The molecule has 0 bridgehead atoms. The van der Waals surface area contributed by atoms with Crippen LogP contribution >= 0.6 is 12.2 Å². The van der Waals surface area contributed by atoms with Crippen LogP contribution in [0.4, 0.5) is 0 Å². The number of carbonyl (C=O) groups excluding carboxylic acids is 1. The predicted molar refractivity (Wildman–Crippen MR) is 100 cm³/mol. The molecule has 0 aliphatic carbocycles. The Kier molecular flexibility index (Phi) is 6.75. The lowest BCUT2D eigenvalue weighted by Gasteiger charge is -2.20. The number of ether oxygens (including phenoxy) is 1. The summed E-state index contributed by atoms with van der Waals surface area (Å²) in [6, 6.07) is 17.2. The topological polar surface area (TPSA) is 50.4 Å². The van der Waals surface area contributed by atoms with Crippen molar-refractivity contribution >= 4 is 23.2 Å². The molecule has 0 saturated heterocycles.